The maximum Gasteiger partial charge on any atom is 0.329 e. The van der Waals surface area contributed by atoms with E-state index in [1.54, 1.807) is 23.1 Å². The summed E-state index contributed by atoms with van der Waals surface area (Å²) in [6, 6.07) is 6.21. The fraction of sp³-hybridized carbons (Fsp3) is 0.500. The van der Waals surface area contributed by atoms with Crippen molar-refractivity contribution in [1.29, 1.82) is 0 Å². The topological polar surface area (TPSA) is 84.9 Å². The van der Waals surface area contributed by atoms with Crippen molar-refractivity contribution in [2.24, 2.45) is 0 Å². The number of carbonyl (C=O) groups excluding carboxylic acids is 3. The van der Waals surface area contributed by atoms with Gasteiger partial charge in [0.05, 0.1) is 13.2 Å². The van der Waals surface area contributed by atoms with Crippen molar-refractivity contribution in [2.75, 3.05) is 26.3 Å². The Kier molecular flexibility index (Phi) is 6.52. The van der Waals surface area contributed by atoms with Crippen LogP contribution in [-0.2, 0) is 19.1 Å². The van der Waals surface area contributed by atoms with Crippen LogP contribution in [0.5, 0.6) is 0 Å². The largest absolute Gasteiger partial charge is 0.451 e. The van der Waals surface area contributed by atoms with Crippen LogP contribution >= 0.6 is 0 Å². The second-order valence-electron chi connectivity index (χ2n) is 6.08. The second kappa shape index (κ2) is 8.62. The van der Waals surface area contributed by atoms with Gasteiger partial charge < -0.3 is 19.7 Å². The van der Waals surface area contributed by atoms with Gasteiger partial charge in [0.15, 0.2) is 6.10 Å². The van der Waals surface area contributed by atoms with Gasteiger partial charge >= 0.3 is 5.97 Å². The number of amides is 2. The van der Waals surface area contributed by atoms with E-state index in [-0.39, 0.29) is 11.8 Å². The number of benzene rings is 1. The van der Waals surface area contributed by atoms with Crippen LogP contribution in [0, 0.1) is 6.92 Å². The first-order chi connectivity index (χ1) is 11.9. The zero-order chi connectivity index (χ0) is 18.4. The molecule has 0 bridgehead atoms. The van der Waals surface area contributed by atoms with E-state index >= 15 is 0 Å². The standard InChI is InChI=1S/C18H24N2O5/c1-12-5-4-6-15(11-12)16(21)19-13(2)18(23)25-14(3)17(22)20-7-9-24-10-8-20/h4-6,11,13-14H,7-10H2,1-3H3,(H,19,21)/t13-,14+/m0/s1. The first kappa shape index (κ1) is 18.9. The van der Waals surface area contributed by atoms with Gasteiger partial charge in [-0.2, -0.15) is 0 Å². The molecule has 136 valence electrons. The number of nitrogens with zero attached hydrogens (tertiary/aromatic N) is 1. The van der Waals surface area contributed by atoms with E-state index in [1.165, 1.54) is 13.8 Å². The molecule has 0 spiro atoms. The maximum atomic E-state index is 12.2. The number of aryl methyl sites for hydroxylation is 1. The first-order valence-electron chi connectivity index (χ1n) is 8.33. The first-order valence-corrected chi connectivity index (χ1v) is 8.33. The van der Waals surface area contributed by atoms with Crippen LogP contribution in [0.25, 0.3) is 0 Å². The highest BCUT2D eigenvalue weighted by Gasteiger charge is 2.27. The van der Waals surface area contributed by atoms with Crippen LogP contribution in [-0.4, -0.2) is 61.1 Å². The molecule has 25 heavy (non-hydrogen) atoms. The number of nitrogens with one attached hydrogen (secondary N) is 1. The Balaban J connectivity index is 1.86. The van der Waals surface area contributed by atoms with E-state index in [0.717, 1.165) is 5.56 Å². The summed E-state index contributed by atoms with van der Waals surface area (Å²) < 4.78 is 10.4. The molecule has 1 saturated heterocycles. The normalized spacial score (nSPS) is 16.7. The third-order valence-electron chi connectivity index (χ3n) is 3.94. The summed E-state index contributed by atoms with van der Waals surface area (Å²) in [7, 11) is 0. The number of hydrogen-bond donors (Lipinski definition) is 1. The molecular weight excluding hydrogens is 324 g/mol. The van der Waals surface area contributed by atoms with Crippen molar-refractivity contribution in [1.82, 2.24) is 10.2 Å². The predicted octanol–water partition coefficient (Wildman–Crippen LogP) is 0.904. The van der Waals surface area contributed by atoms with Gasteiger partial charge in [0.25, 0.3) is 11.8 Å². The van der Waals surface area contributed by atoms with E-state index in [4.69, 9.17) is 9.47 Å². The van der Waals surface area contributed by atoms with Gasteiger partial charge in [0.2, 0.25) is 0 Å². The molecule has 1 aromatic carbocycles. The summed E-state index contributed by atoms with van der Waals surface area (Å²) in [5.41, 5.74) is 1.42. The molecule has 2 amide bonds. The van der Waals surface area contributed by atoms with Crippen LogP contribution in [0.2, 0.25) is 0 Å². The van der Waals surface area contributed by atoms with E-state index < -0.39 is 18.1 Å². The highest BCUT2D eigenvalue weighted by Crippen LogP contribution is 2.07. The van der Waals surface area contributed by atoms with Crippen LogP contribution in [0.3, 0.4) is 0 Å². The third kappa shape index (κ3) is 5.29. The van der Waals surface area contributed by atoms with Crippen molar-refractivity contribution in [3.8, 4) is 0 Å². The van der Waals surface area contributed by atoms with E-state index in [9.17, 15) is 14.4 Å². The smallest absolute Gasteiger partial charge is 0.329 e. The zero-order valence-corrected chi connectivity index (χ0v) is 14.8. The lowest BCUT2D eigenvalue weighted by Gasteiger charge is -2.29. The Morgan fingerprint density at radius 1 is 1.20 bits per heavy atom. The van der Waals surface area contributed by atoms with Crippen LogP contribution < -0.4 is 5.32 Å². The fourth-order valence-corrected chi connectivity index (χ4v) is 2.49. The van der Waals surface area contributed by atoms with Gasteiger partial charge in [-0.1, -0.05) is 17.7 Å². The molecule has 7 heteroatoms. The lowest BCUT2D eigenvalue weighted by Crippen LogP contribution is -2.47. The van der Waals surface area contributed by atoms with Gasteiger partial charge in [-0.15, -0.1) is 0 Å². The summed E-state index contributed by atoms with van der Waals surface area (Å²) in [6.07, 6.45) is -0.899. The highest BCUT2D eigenvalue weighted by atomic mass is 16.5. The molecule has 0 radical (unpaired) electrons. The molecular formula is C18H24N2O5. The number of esters is 1. The van der Waals surface area contributed by atoms with Crippen molar-refractivity contribution < 1.29 is 23.9 Å². The zero-order valence-electron chi connectivity index (χ0n) is 14.8. The molecule has 1 aromatic rings. The molecule has 0 saturated carbocycles. The number of rotatable bonds is 5. The van der Waals surface area contributed by atoms with E-state index in [0.29, 0.717) is 31.9 Å². The lowest BCUT2D eigenvalue weighted by molar-refractivity contribution is -0.162. The van der Waals surface area contributed by atoms with Crippen molar-refractivity contribution in [3.63, 3.8) is 0 Å². The second-order valence-corrected chi connectivity index (χ2v) is 6.08. The average molecular weight is 348 g/mol. The minimum absolute atomic E-state index is 0.256. The van der Waals surface area contributed by atoms with E-state index in [1.807, 2.05) is 13.0 Å². The third-order valence-corrected chi connectivity index (χ3v) is 3.94. The average Bonchev–Trinajstić information content (AvgIpc) is 2.61. The van der Waals surface area contributed by atoms with Crippen molar-refractivity contribution in [2.45, 2.75) is 32.9 Å². The number of morpholine rings is 1. The van der Waals surface area contributed by atoms with Gasteiger partial charge in [-0.05, 0) is 32.9 Å². The Hall–Kier alpha value is -2.41. The summed E-state index contributed by atoms with van der Waals surface area (Å²) in [4.78, 5) is 38.2. The molecule has 0 unspecified atom stereocenters. The quantitative estimate of drug-likeness (QED) is 0.800. The lowest BCUT2D eigenvalue weighted by atomic mass is 10.1. The van der Waals surface area contributed by atoms with Crippen LogP contribution in [0.4, 0.5) is 0 Å². The van der Waals surface area contributed by atoms with Gasteiger partial charge in [-0.25, -0.2) is 4.79 Å². The predicted molar refractivity (Wildman–Crippen MR) is 91.1 cm³/mol. The highest BCUT2D eigenvalue weighted by molar-refractivity contribution is 5.97. The van der Waals surface area contributed by atoms with Gasteiger partial charge in [0, 0.05) is 18.7 Å². The van der Waals surface area contributed by atoms with Crippen molar-refractivity contribution in [3.05, 3.63) is 35.4 Å². The maximum absolute atomic E-state index is 12.2. The Morgan fingerprint density at radius 3 is 2.52 bits per heavy atom. The molecule has 0 aliphatic carbocycles. The Bertz CT molecular complexity index is 640. The number of carbonyl (C=O) groups is 3. The molecule has 1 aliphatic heterocycles. The van der Waals surface area contributed by atoms with E-state index in [2.05, 4.69) is 5.32 Å². The monoisotopic (exact) mass is 348 g/mol. The fourth-order valence-electron chi connectivity index (χ4n) is 2.49. The molecule has 0 aromatic heterocycles. The Labute approximate surface area is 147 Å². The van der Waals surface area contributed by atoms with Crippen LogP contribution in [0.1, 0.15) is 29.8 Å². The van der Waals surface area contributed by atoms with Gasteiger partial charge in [0.1, 0.15) is 6.04 Å². The molecule has 1 aliphatic rings. The minimum atomic E-state index is -0.899. The van der Waals surface area contributed by atoms with Gasteiger partial charge in [-0.3, -0.25) is 9.59 Å². The molecule has 7 nitrogen and oxygen atoms in total. The molecule has 2 atom stereocenters. The van der Waals surface area contributed by atoms with Crippen molar-refractivity contribution >= 4 is 17.8 Å². The summed E-state index contributed by atoms with van der Waals surface area (Å²) in [5.74, 6) is -1.26. The summed E-state index contributed by atoms with van der Waals surface area (Å²) >= 11 is 0. The summed E-state index contributed by atoms with van der Waals surface area (Å²) in [6.45, 7) is 6.88. The summed E-state index contributed by atoms with van der Waals surface area (Å²) in [5, 5.41) is 2.59. The van der Waals surface area contributed by atoms with Crippen LogP contribution in [0.15, 0.2) is 24.3 Å². The number of ether oxygens (including phenoxy) is 2. The SMILES string of the molecule is Cc1cccc(C(=O)N[C@@H](C)C(=O)O[C@H](C)C(=O)N2CCOCC2)c1. The minimum Gasteiger partial charge on any atom is -0.451 e. The number of hydrogen-bond acceptors (Lipinski definition) is 5. The Morgan fingerprint density at radius 2 is 1.88 bits per heavy atom. The molecule has 1 fully saturated rings. The molecule has 1 heterocycles. The molecule has 2 rings (SSSR count). The molecule has 1 N–H and O–H groups in total.